The number of benzene rings is 6. The minimum Gasteiger partial charge on any atom is -0.491 e. The number of anilines is 2. The van der Waals surface area contributed by atoms with Crippen LogP contribution < -0.4 is 29.9 Å². The van der Waals surface area contributed by atoms with E-state index in [1.54, 1.807) is 65.9 Å². The minimum absolute atomic E-state index is 0.0185. The average Bonchev–Trinajstić information content (AvgIpc) is 0.773. The summed E-state index contributed by atoms with van der Waals surface area (Å²) >= 11 is 0. The maximum atomic E-state index is 14.3. The molecule has 3 heterocycles. The van der Waals surface area contributed by atoms with Crippen molar-refractivity contribution in [2.75, 3.05) is 89.4 Å². The predicted octanol–water partition coefficient (Wildman–Crippen LogP) is 11.8. The topological polar surface area (TPSA) is 220 Å². The number of piperidine rings is 1. The molecule has 0 saturated carbocycles. The van der Waals surface area contributed by atoms with Gasteiger partial charge in [0.25, 0.3) is 11.8 Å². The molecule has 2 aliphatic rings. The van der Waals surface area contributed by atoms with Gasteiger partial charge in [0, 0.05) is 43.0 Å². The summed E-state index contributed by atoms with van der Waals surface area (Å²) in [5.74, 6) is -0.0672. The van der Waals surface area contributed by atoms with Crippen molar-refractivity contribution < 1.29 is 65.5 Å². The molecule has 21 heteroatoms. The summed E-state index contributed by atoms with van der Waals surface area (Å²) in [5, 5.41) is 3.53. The number of para-hydroxylation sites is 1. The van der Waals surface area contributed by atoms with Crippen LogP contribution in [0.2, 0.25) is 0 Å². The second-order valence-corrected chi connectivity index (χ2v) is 27.9. The van der Waals surface area contributed by atoms with E-state index in [1.165, 1.54) is 32.3 Å². The van der Waals surface area contributed by atoms with E-state index in [-0.39, 0.29) is 72.6 Å². The summed E-state index contributed by atoms with van der Waals surface area (Å²) < 4.78 is 78.8. The van der Waals surface area contributed by atoms with E-state index in [0.717, 1.165) is 27.8 Å². The molecule has 0 atom stereocenters. The van der Waals surface area contributed by atoms with E-state index in [1.807, 2.05) is 128 Å². The smallest absolute Gasteiger partial charge is 0.416 e. The minimum atomic E-state index is -4.04. The lowest BCUT2D eigenvalue weighted by molar-refractivity contribution is -0.155. The average molecular weight is 1290 g/mol. The zero-order valence-corrected chi connectivity index (χ0v) is 55.4. The van der Waals surface area contributed by atoms with E-state index < -0.39 is 57.1 Å². The van der Waals surface area contributed by atoms with Crippen LogP contribution in [0.15, 0.2) is 155 Å². The van der Waals surface area contributed by atoms with Gasteiger partial charge < -0.3 is 52.7 Å². The summed E-state index contributed by atoms with van der Waals surface area (Å²) in [6.07, 6.45) is 1.99. The molecule has 0 unspecified atom stereocenters. The van der Waals surface area contributed by atoms with Gasteiger partial charge in [0.2, 0.25) is 15.5 Å². The standard InChI is InChI=1S/C72H85N5O15S/c1-70(2,3)59-43-63(64(90-48-51-20-14-11-15-21-51)44-60(59)73-67(80)58-46-74(45-50-18-12-10-13-19-50)61-23-17-16-22-56(61)66(58)79)89-41-39-87-37-35-85-34-36-86-38-40-88-54-26-24-52(25-27-54)53-30-32-76(33-31-53)93(83,84)55-28-29-57-62(42-55)77(69(82)92-72(7,8)9)49-75(68(57)81)47-65(78)91-71(4,5)6/h10-29,42-44,46,53H,30-41,45,47-49H2,1-9H3,(H,73,80). The molecule has 20 nitrogen and oxygen atoms in total. The number of hydrogen-bond acceptors (Lipinski definition) is 15. The number of aromatic nitrogens is 1. The van der Waals surface area contributed by atoms with Crippen molar-refractivity contribution in [1.82, 2.24) is 13.8 Å². The third-order valence-electron chi connectivity index (χ3n) is 15.4. The number of ether oxygens (including phenoxy) is 8. The lowest BCUT2D eigenvalue weighted by atomic mass is 9.85. The Morgan fingerprint density at radius 3 is 1.82 bits per heavy atom. The molecule has 1 fully saturated rings. The van der Waals surface area contributed by atoms with Gasteiger partial charge in [-0.15, -0.1) is 0 Å². The first kappa shape index (κ1) is 68.8. The lowest BCUT2D eigenvalue weighted by Crippen LogP contribution is -2.52. The number of carbonyl (C=O) groups excluding carboxylic acids is 4. The van der Waals surface area contributed by atoms with Crippen LogP contribution in [0.3, 0.4) is 0 Å². The van der Waals surface area contributed by atoms with Crippen molar-refractivity contribution in [3.63, 3.8) is 0 Å². The van der Waals surface area contributed by atoms with Crippen molar-refractivity contribution in [2.45, 2.75) is 116 Å². The fourth-order valence-corrected chi connectivity index (χ4v) is 12.4. The molecule has 0 aliphatic carbocycles. The molecule has 1 saturated heterocycles. The molecule has 7 aromatic rings. The maximum Gasteiger partial charge on any atom is 0.416 e. The van der Waals surface area contributed by atoms with Crippen molar-refractivity contribution >= 4 is 56.2 Å². The Labute approximate surface area is 544 Å². The van der Waals surface area contributed by atoms with Crippen molar-refractivity contribution in [3.8, 4) is 17.2 Å². The van der Waals surface area contributed by atoms with Crippen LogP contribution in [0, 0.1) is 0 Å². The van der Waals surface area contributed by atoms with Gasteiger partial charge >= 0.3 is 12.1 Å². The van der Waals surface area contributed by atoms with E-state index in [4.69, 9.17) is 37.9 Å². The third kappa shape index (κ3) is 18.6. The molecular weight excluding hydrogens is 1210 g/mol. The molecule has 9 rings (SSSR count). The van der Waals surface area contributed by atoms with Gasteiger partial charge in [0.1, 0.15) is 55.5 Å². The van der Waals surface area contributed by atoms with Gasteiger partial charge in [-0.2, -0.15) is 4.31 Å². The first-order valence-corrected chi connectivity index (χ1v) is 32.8. The Kier molecular flexibility index (Phi) is 22.5. The zero-order chi connectivity index (χ0) is 66.5. The highest BCUT2D eigenvalue weighted by atomic mass is 32.2. The Morgan fingerprint density at radius 2 is 1.19 bits per heavy atom. The van der Waals surface area contributed by atoms with Crippen LogP contribution in [0.5, 0.6) is 17.2 Å². The van der Waals surface area contributed by atoms with Gasteiger partial charge in [-0.05, 0) is 137 Å². The van der Waals surface area contributed by atoms with Crippen molar-refractivity contribution in [3.05, 3.63) is 189 Å². The summed E-state index contributed by atoms with van der Waals surface area (Å²) in [6, 6.07) is 42.4. The Morgan fingerprint density at radius 1 is 0.613 bits per heavy atom. The molecule has 1 aromatic heterocycles. The first-order chi connectivity index (χ1) is 44.3. The summed E-state index contributed by atoms with van der Waals surface area (Å²) in [5.41, 5.74) is 2.67. The third-order valence-corrected chi connectivity index (χ3v) is 17.3. The number of rotatable bonds is 26. The van der Waals surface area contributed by atoms with Crippen molar-refractivity contribution in [1.29, 1.82) is 0 Å². The fraction of sp³-hybridized carbons (Fsp3) is 0.403. The van der Waals surface area contributed by atoms with Crippen LogP contribution in [0.25, 0.3) is 10.9 Å². The van der Waals surface area contributed by atoms with Gasteiger partial charge in [0.15, 0.2) is 11.5 Å². The maximum absolute atomic E-state index is 14.3. The Balaban J connectivity index is 0.699. The summed E-state index contributed by atoms with van der Waals surface area (Å²) in [4.78, 5) is 70.5. The molecule has 0 bridgehead atoms. The number of amides is 3. The molecule has 2 aliphatic heterocycles. The Hall–Kier alpha value is -8.60. The van der Waals surface area contributed by atoms with Crippen LogP contribution in [-0.2, 0) is 57.1 Å². The highest BCUT2D eigenvalue weighted by Crippen LogP contribution is 2.41. The molecule has 6 aromatic carbocycles. The predicted molar refractivity (Wildman–Crippen MR) is 355 cm³/mol. The first-order valence-electron chi connectivity index (χ1n) is 31.4. The number of nitrogens with zero attached hydrogens (tertiary/aromatic N) is 4. The van der Waals surface area contributed by atoms with E-state index in [9.17, 15) is 32.4 Å². The molecular formula is C72H85N5O15S. The quantitative estimate of drug-likeness (QED) is 0.0394. The molecule has 1 N–H and O–H groups in total. The van der Waals surface area contributed by atoms with E-state index in [0.29, 0.717) is 87.3 Å². The number of nitrogens with one attached hydrogen (secondary N) is 1. The van der Waals surface area contributed by atoms with Crippen LogP contribution in [0.4, 0.5) is 16.2 Å². The monoisotopic (exact) mass is 1290 g/mol. The normalized spacial score (nSPS) is 14.2. The highest BCUT2D eigenvalue weighted by Gasteiger charge is 2.39. The van der Waals surface area contributed by atoms with Gasteiger partial charge in [0.05, 0.1) is 61.3 Å². The molecule has 0 spiro atoms. The van der Waals surface area contributed by atoms with Crippen LogP contribution >= 0.6 is 0 Å². The summed E-state index contributed by atoms with van der Waals surface area (Å²) in [7, 11) is -4.04. The lowest BCUT2D eigenvalue weighted by Gasteiger charge is -2.37. The van der Waals surface area contributed by atoms with Gasteiger partial charge in [-0.25, -0.2) is 13.2 Å². The van der Waals surface area contributed by atoms with Crippen LogP contribution in [0.1, 0.15) is 124 Å². The number of pyridine rings is 1. The second-order valence-electron chi connectivity index (χ2n) is 25.9. The summed E-state index contributed by atoms with van der Waals surface area (Å²) in [6.45, 7) is 19.4. The zero-order valence-electron chi connectivity index (χ0n) is 54.6. The number of fused-ring (bicyclic) bond motifs is 2. The second kappa shape index (κ2) is 30.4. The van der Waals surface area contributed by atoms with Gasteiger partial charge in [-0.1, -0.05) is 106 Å². The molecule has 0 radical (unpaired) electrons. The van der Waals surface area contributed by atoms with Gasteiger partial charge in [-0.3, -0.25) is 24.1 Å². The van der Waals surface area contributed by atoms with E-state index >= 15 is 0 Å². The van der Waals surface area contributed by atoms with Crippen molar-refractivity contribution in [2.24, 2.45) is 0 Å². The highest BCUT2D eigenvalue weighted by molar-refractivity contribution is 7.89. The fourth-order valence-electron chi connectivity index (χ4n) is 10.9. The Bertz CT molecular complexity index is 3910. The molecule has 93 heavy (non-hydrogen) atoms. The van der Waals surface area contributed by atoms with E-state index in [2.05, 4.69) is 5.32 Å². The number of hydrogen-bond donors (Lipinski definition) is 1. The molecule has 3 amide bonds. The number of sulfonamides is 1. The van der Waals surface area contributed by atoms with Crippen LogP contribution in [-0.4, -0.2) is 136 Å². The largest absolute Gasteiger partial charge is 0.491 e. The number of esters is 1. The number of carbonyl (C=O) groups is 4. The molecule has 494 valence electrons. The SMILES string of the molecule is CC(C)(C)OC(=O)CN1CN(C(=O)OC(C)(C)C)c2cc(S(=O)(=O)N3CCC(c4ccc(OCCOCCOCCOCCOc5cc(C(C)(C)C)c(NC(=O)c6cn(Cc7ccccc7)c7ccccc7c6=O)cc5OCc5ccccc5)cc4)CC3)ccc2C1=O.